The highest BCUT2D eigenvalue weighted by Crippen LogP contribution is 2.30. The molecule has 0 aromatic carbocycles. The fourth-order valence-electron chi connectivity index (χ4n) is 2.43. The minimum atomic E-state index is -4.60. The van der Waals surface area contributed by atoms with Gasteiger partial charge < -0.3 is 4.90 Å². The number of anilines is 1. The molecule has 0 bridgehead atoms. The van der Waals surface area contributed by atoms with Crippen molar-refractivity contribution in [3.63, 3.8) is 0 Å². The molecule has 0 amide bonds. The Morgan fingerprint density at radius 2 is 1.85 bits per heavy atom. The van der Waals surface area contributed by atoms with Gasteiger partial charge in [0.15, 0.2) is 21.2 Å². The van der Waals surface area contributed by atoms with E-state index in [1.54, 1.807) is 25.1 Å². The van der Waals surface area contributed by atoms with E-state index in [0.717, 1.165) is 10.6 Å². The van der Waals surface area contributed by atoms with E-state index < -0.39 is 21.7 Å². The Bertz CT molecular complexity index is 1110. The zero-order valence-corrected chi connectivity index (χ0v) is 15.5. The van der Waals surface area contributed by atoms with Gasteiger partial charge in [-0.1, -0.05) is 6.92 Å². The number of hydrogen-bond donors (Lipinski definition) is 0. The van der Waals surface area contributed by atoms with Gasteiger partial charge in [0.05, 0.1) is 16.3 Å². The first-order valence-electron chi connectivity index (χ1n) is 7.88. The van der Waals surface area contributed by atoms with Crippen LogP contribution in [0.4, 0.5) is 19.0 Å². The third-order valence-electron chi connectivity index (χ3n) is 3.87. The van der Waals surface area contributed by atoms with Crippen LogP contribution in [0.1, 0.15) is 12.6 Å². The van der Waals surface area contributed by atoms with Crippen LogP contribution in [0.2, 0.25) is 0 Å². The van der Waals surface area contributed by atoms with E-state index in [4.69, 9.17) is 0 Å². The quantitative estimate of drug-likeness (QED) is 0.671. The zero-order valence-electron chi connectivity index (χ0n) is 14.7. The Morgan fingerprint density at radius 1 is 1.15 bits per heavy atom. The molecule has 7 nitrogen and oxygen atoms in total. The number of pyridine rings is 1. The summed E-state index contributed by atoms with van der Waals surface area (Å²) in [5.74, 6) is 0.349. The number of aromatic nitrogens is 4. The standard InChI is InChI=1S/C16H16F3N5O2S/c1-4-27(25,26)11-5-6-13(23(2)3)21-15(11)10-7-8-24-14(20-10)9-12(22-24)16(17,18)19/h5-9H,4H2,1-3H3. The van der Waals surface area contributed by atoms with Crippen molar-refractivity contribution in [3.05, 3.63) is 36.2 Å². The van der Waals surface area contributed by atoms with Crippen LogP contribution in [-0.2, 0) is 16.0 Å². The Morgan fingerprint density at radius 3 is 2.44 bits per heavy atom. The van der Waals surface area contributed by atoms with Crippen LogP contribution in [0.15, 0.2) is 35.4 Å². The van der Waals surface area contributed by atoms with Gasteiger partial charge in [0.2, 0.25) is 0 Å². The van der Waals surface area contributed by atoms with Crippen LogP contribution in [0, 0.1) is 0 Å². The van der Waals surface area contributed by atoms with Crippen molar-refractivity contribution in [1.29, 1.82) is 0 Å². The van der Waals surface area contributed by atoms with Crippen molar-refractivity contribution in [2.45, 2.75) is 18.0 Å². The SMILES string of the molecule is CCS(=O)(=O)c1ccc(N(C)C)nc1-c1ccn2nc(C(F)(F)F)cc2n1. The number of halogens is 3. The van der Waals surface area contributed by atoms with Crippen molar-refractivity contribution in [2.75, 3.05) is 24.7 Å². The third kappa shape index (κ3) is 3.59. The molecule has 0 fully saturated rings. The fraction of sp³-hybridized carbons (Fsp3) is 0.312. The topological polar surface area (TPSA) is 80.5 Å². The highest BCUT2D eigenvalue weighted by molar-refractivity contribution is 7.91. The summed E-state index contributed by atoms with van der Waals surface area (Å²) in [6, 6.07) is 5.18. The number of rotatable bonds is 4. The highest BCUT2D eigenvalue weighted by atomic mass is 32.2. The molecule has 0 N–H and O–H groups in total. The number of nitrogens with zero attached hydrogens (tertiary/aromatic N) is 5. The second-order valence-corrected chi connectivity index (χ2v) is 8.20. The van der Waals surface area contributed by atoms with Crippen molar-refractivity contribution in [3.8, 4) is 11.4 Å². The summed E-state index contributed by atoms with van der Waals surface area (Å²) in [7, 11) is -0.135. The number of hydrogen-bond acceptors (Lipinski definition) is 6. The Hall–Kier alpha value is -2.69. The molecule has 0 saturated carbocycles. The highest BCUT2D eigenvalue weighted by Gasteiger charge is 2.34. The summed E-state index contributed by atoms with van der Waals surface area (Å²) in [4.78, 5) is 10.2. The van der Waals surface area contributed by atoms with Crippen molar-refractivity contribution in [1.82, 2.24) is 19.6 Å². The largest absolute Gasteiger partial charge is 0.435 e. The summed E-state index contributed by atoms with van der Waals surface area (Å²) in [5, 5.41) is 3.43. The first-order valence-corrected chi connectivity index (χ1v) is 9.53. The first kappa shape index (κ1) is 19.1. The van der Waals surface area contributed by atoms with E-state index in [2.05, 4.69) is 15.1 Å². The maximum atomic E-state index is 12.9. The van der Waals surface area contributed by atoms with E-state index >= 15 is 0 Å². The molecular formula is C16H16F3N5O2S. The molecule has 0 spiro atoms. The minimum Gasteiger partial charge on any atom is -0.363 e. The van der Waals surface area contributed by atoms with Crippen molar-refractivity contribution < 1.29 is 21.6 Å². The maximum Gasteiger partial charge on any atom is 0.435 e. The molecule has 0 atom stereocenters. The lowest BCUT2D eigenvalue weighted by Gasteiger charge is -2.15. The Balaban J connectivity index is 2.23. The number of sulfone groups is 1. The molecule has 0 aliphatic rings. The molecule has 0 aliphatic carbocycles. The maximum absolute atomic E-state index is 12.9. The van der Waals surface area contributed by atoms with Gasteiger partial charge in [-0.3, -0.25) is 0 Å². The number of fused-ring (bicyclic) bond motifs is 1. The van der Waals surface area contributed by atoms with Gasteiger partial charge in [-0.15, -0.1) is 0 Å². The molecule has 3 aromatic rings. The van der Waals surface area contributed by atoms with Gasteiger partial charge in [0.25, 0.3) is 0 Å². The zero-order chi connectivity index (χ0) is 20.0. The van der Waals surface area contributed by atoms with Crippen LogP contribution < -0.4 is 4.90 Å². The summed E-state index contributed by atoms with van der Waals surface area (Å²) >= 11 is 0. The molecule has 3 aromatic heterocycles. The van der Waals surface area contributed by atoms with Gasteiger partial charge in [-0.2, -0.15) is 18.3 Å². The summed E-state index contributed by atoms with van der Waals surface area (Å²) in [6.07, 6.45) is -3.31. The lowest BCUT2D eigenvalue weighted by molar-refractivity contribution is -0.141. The van der Waals surface area contributed by atoms with Crippen LogP contribution >= 0.6 is 0 Å². The number of alkyl halides is 3. The molecule has 0 saturated heterocycles. The van der Waals surface area contributed by atoms with E-state index in [-0.39, 0.29) is 27.7 Å². The summed E-state index contributed by atoms with van der Waals surface area (Å²) < 4.78 is 64.4. The van der Waals surface area contributed by atoms with Crippen molar-refractivity contribution >= 4 is 21.3 Å². The molecule has 0 aliphatic heterocycles. The van der Waals surface area contributed by atoms with Crippen LogP contribution in [0.5, 0.6) is 0 Å². The van der Waals surface area contributed by atoms with E-state index in [9.17, 15) is 21.6 Å². The molecule has 0 unspecified atom stereocenters. The van der Waals surface area contributed by atoms with Gasteiger partial charge in [0, 0.05) is 26.4 Å². The second-order valence-electron chi connectivity index (χ2n) is 5.96. The van der Waals surface area contributed by atoms with Gasteiger partial charge in [-0.25, -0.2) is 22.9 Å². The molecule has 144 valence electrons. The lowest BCUT2D eigenvalue weighted by Crippen LogP contribution is -2.14. The van der Waals surface area contributed by atoms with Crippen LogP contribution in [-0.4, -0.2) is 47.8 Å². The summed E-state index contributed by atoms with van der Waals surface area (Å²) in [5.41, 5.74) is -0.910. The molecule has 3 heterocycles. The minimum absolute atomic E-state index is 0.0250. The monoisotopic (exact) mass is 399 g/mol. The van der Waals surface area contributed by atoms with Crippen molar-refractivity contribution in [2.24, 2.45) is 0 Å². The lowest BCUT2D eigenvalue weighted by atomic mass is 10.2. The van der Waals surface area contributed by atoms with E-state index in [1.807, 2.05) is 0 Å². The summed E-state index contributed by atoms with van der Waals surface area (Å²) in [6.45, 7) is 1.50. The van der Waals surface area contributed by atoms with Gasteiger partial charge >= 0.3 is 6.18 Å². The molecule has 27 heavy (non-hydrogen) atoms. The van der Waals surface area contributed by atoms with Crippen LogP contribution in [0.3, 0.4) is 0 Å². The Kier molecular flexibility index (Phi) is 4.58. The van der Waals surface area contributed by atoms with Crippen LogP contribution in [0.25, 0.3) is 17.0 Å². The Labute approximate surface area is 153 Å². The third-order valence-corrected chi connectivity index (χ3v) is 5.63. The average Bonchev–Trinajstić information content (AvgIpc) is 3.04. The second kappa shape index (κ2) is 6.48. The molecular weight excluding hydrogens is 383 g/mol. The van der Waals surface area contributed by atoms with Gasteiger partial charge in [-0.05, 0) is 18.2 Å². The first-order chi connectivity index (χ1) is 12.5. The predicted octanol–water partition coefficient (Wildman–Crippen LogP) is 2.67. The predicted molar refractivity (Wildman–Crippen MR) is 93.3 cm³/mol. The molecule has 11 heteroatoms. The molecule has 3 rings (SSSR count). The fourth-order valence-corrected chi connectivity index (χ4v) is 3.46. The smallest absolute Gasteiger partial charge is 0.363 e. The van der Waals surface area contributed by atoms with E-state index in [1.165, 1.54) is 25.3 Å². The van der Waals surface area contributed by atoms with E-state index in [0.29, 0.717) is 5.82 Å². The molecule has 0 radical (unpaired) electrons. The average molecular weight is 399 g/mol. The normalized spacial score (nSPS) is 12.5. The van der Waals surface area contributed by atoms with Gasteiger partial charge in [0.1, 0.15) is 11.5 Å².